The Bertz CT molecular complexity index is 175. The maximum atomic E-state index is 12.1. The van der Waals surface area contributed by atoms with Crippen LogP contribution in [0.2, 0.25) is 0 Å². The summed E-state index contributed by atoms with van der Waals surface area (Å²) in [5.74, 6) is 0. The van der Waals surface area contributed by atoms with Crippen molar-refractivity contribution in [2.75, 3.05) is 0 Å². The summed E-state index contributed by atoms with van der Waals surface area (Å²) in [4.78, 5) is 12.6. The number of hydrogen-bond donors (Lipinski definition) is 0. The van der Waals surface area contributed by atoms with Crippen molar-refractivity contribution in [2.24, 2.45) is 0 Å². The van der Waals surface area contributed by atoms with Gasteiger partial charge < -0.3 is 9.47 Å². The van der Waals surface area contributed by atoms with E-state index in [-0.39, 0.29) is 0 Å². The Hall–Kier alpha value is -1.31. The largest absolute Gasteiger partial charge is 0.517 e. The second kappa shape index (κ2) is 1.90. The molecule has 2 unspecified atom stereocenters. The molecule has 2 atom stereocenters. The highest BCUT2D eigenvalue weighted by molar-refractivity contribution is 5.62. The molecule has 0 N–H and O–H groups in total. The minimum absolute atomic E-state index is 1.12. The highest BCUT2D eigenvalue weighted by Gasteiger charge is 2.41. The molecule has 1 fully saturated rings. The summed E-state index contributed by atoms with van der Waals surface area (Å²) in [6.45, 7) is 6.25. The molecule has 0 aliphatic carbocycles. The van der Waals surface area contributed by atoms with E-state index < -0.39 is 18.7 Å². The minimum atomic E-state index is -1.92. The van der Waals surface area contributed by atoms with Crippen molar-refractivity contribution in [1.82, 2.24) is 0 Å². The fourth-order valence-corrected chi connectivity index (χ4v) is 0.415. The molecule has 0 aromatic rings. The second-order valence-corrected chi connectivity index (χ2v) is 1.36. The van der Waals surface area contributed by atoms with Crippen LogP contribution in [0.15, 0.2) is 0 Å². The smallest absolute Gasteiger partial charge is 0.387 e. The Kier molecular flexibility index (Phi) is 1.23. The van der Waals surface area contributed by atoms with E-state index in [1.165, 1.54) is 0 Å². The predicted octanol–water partition coefficient (Wildman–Crippen LogP) is 0.694. The van der Waals surface area contributed by atoms with Gasteiger partial charge in [-0.2, -0.15) is 4.39 Å². The van der Waals surface area contributed by atoms with E-state index in [4.69, 9.17) is 6.57 Å². The number of nitrogens with zero attached hydrogens (tertiary/aromatic N) is 1. The molecule has 0 bridgehead atoms. The van der Waals surface area contributed by atoms with Crippen LogP contribution in [0.25, 0.3) is 4.85 Å². The van der Waals surface area contributed by atoms with Gasteiger partial charge in [-0.15, -0.1) is 0 Å². The number of alkyl halides is 1. The molecule has 1 aliphatic heterocycles. The van der Waals surface area contributed by atoms with Crippen molar-refractivity contribution in [1.29, 1.82) is 0 Å². The molecule has 9 heavy (non-hydrogen) atoms. The normalized spacial score (nSPS) is 32.7. The van der Waals surface area contributed by atoms with Gasteiger partial charge in [0, 0.05) is 0 Å². The molecule has 0 aromatic carbocycles. The number of ether oxygens (including phenoxy) is 2. The van der Waals surface area contributed by atoms with Gasteiger partial charge in [-0.05, 0) is 0 Å². The van der Waals surface area contributed by atoms with Gasteiger partial charge in [-0.1, -0.05) is 0 Å². The van der Waals surface area contributed by atoms with Gasteiger partial charge in [0.2, 0.25) is 0 Å². The van der Waals surface area contributed by atoms with Crippen LogP contribution in [-0.2, 0) is 9.47 Å². The monoisotopic (exact) mass is 131 g/mol. The summed E-state index contributed by atoms with van der Waals surface area (Å²) in [6.07, 6.45) is -4.45. The maximum absolute atomic E-state index is 12.1. The zero-order chi connectivity index (χ0) is 6.85. The summed E-state index contributed by atoms with van der Waals surface area (Å²) in [5.41, 5.74) is 0. The fraction of sp³-hybridized carbons (Fsp3) is 0.500. The molecule has 5 heteroatoms. The van der Waals surface area contributed by atoms with E-state index in [0.29, 0.717) is 0 Å². The third kappa shape index (κ3) is 0.914. The van der Waals surface area contributed by atoms with Crippen LogP contribution < -0.4 is 0 Å². The molecular formula is C4H2FNO3. The van der Waals surface area contributed by atoms with Crippen LogP contribution in [0.4, 0.5) is 9.18 Å². The first kappa shape index (κ1) is 5.82. The molecule has 0 saturated carbocycles. The van der Waals surface area contributed by atoms with Crippen molar-refractivity contribution in [3.8, 4) is 0 Å². The van der Waals surface area contributed by atoms with E-state index in [0.717, 1.165) is 0 Å². The number of hydrogen-bond acceptors (Lipinski definition) is 3. The summed E-state index contributed by atoms with van der Waals surface area (Å²) in [6, 6.07) is 0. The van der Waals surface area contributed by atoms with Crippen LogP contribution in [-0.4, -0.2) is 18.7 Å². The first-order chi connectivity index (χ1) is 4.24. The van der Waals surface area contributed by atoms with Crippen LogP contribution in [0.3, 0.4) is 0 Å². The van der Waals surface area contributed by atoms with E-state index in [9.17, 15) is 9.18 Å². The standard InChI is InChI=1S/C4H2FNO3/c1-6-3-2(5)8-4(7)9-3/h2-3H. The van der Waals surface area contributed by atoms with Gasteiger partial charge >= 0.3 is 18.7 Å². The molecule has 0 radical (unpaired) electrons. The lowest BCUT2D eigenvalue weighted by atomic mass is 10.6. The van der Waals surface area contributed by atoms with E-state index >= 15 is 0 Å². The lowest BCUT2D eigenvalue weighted by Gasteiger charge is -1.90. The van der Waals surface area contributed by atoms with E-state index in [2.05, 4.69) is 14.3 Å². The van der Waals surface area contributed by atoms with Crippen molar-refractivity contribution >= 4 is 6.16 Å². The Morgan fingerprint density at radius 3 is 2.56 bits per heavy atom. The van der Waals surface area contributed by atoms with Gasteiger partial charge in [0.1, 0.15) is 0 Å². The molecule has 1 aliphatic rings. The average Bonchev–Trinajstić information content (AvgIpc) is 2.10. The Labute approximate surface area is 50.0 Å². The molecule has 4 nitrogen and oxygen atoms in total. The van der Waals surface area contributed by atoms with Gasteiger partial charge in [0.05, 0.1) is 0 Å². The van der Waals surface area contributed by atoms with Crippen molar-refractivity contribution in [3.63, 3.8) is 0 Å². The Balaban J connectivity index is 2.60. The lowest BCUT2D eigenvalue weighted by molar-refractivity contribution is 0.0442. The first-order valence-electron chi connectivity index (χ1n) is 2.12. The maximum Gasteiger partial charge on any atom is 0.517 e. The number of cyclic esters (lactones) is 2. The molecular weight excluding hydrogens is 129 g/mol. The summed E-state index contributed by atoms with van der Waals surface area (Å²) < 4.78 is 19.9. The first-order valence-corrected chi connectivity index (χ1v) is 2.12. The molecule has 0 aromatic heterocycles. The SMILES string of the molecule is [C-]#[N+]C1OC(=O)OC1F. The van der Waals surface area contributed by atoms with Crippen molar-refractivity contribution in [2.45, 2.75) is 12.6 Å². The molecule has 1 saturated heterocycles. The quantitative estimate of drug-likeness (QED) is 0.358. The molecule has 1 heterocycles. The Morgan fingerprint density at radius 2 is 2.33 bits per heavy atom. The zero-order valence-corrected chi connectivity index (χ0v) is 4.20. The zero-order valence-electron chi connectivity index (χ0n) is 4.20. The molecule has 0 amide bonds. The number of halogens is 1. The topological polar surface area (TPSA) is 39.9 Å². The van der Waals surface area contributed by atoms with Gasteiger partial charge in [0.25, 0.3) is 0 Å². The van der Waals surface area contributed by atoms with Crippen LogP contribution in [0.1, 0.15) is 0 Å². The highest BCUT2D eigenvalue weighted by Crippen LogP contribution is 2.16. The van der Waals surface area contributed by atoms with E-state index in [1.807, 2.05) is 0 Å². The third-order valence-corrected chi connectivity index (χ3v) is 0.777. The molecule has 0 spiro atoms. The molecule has 48 valence electrons. The number of carbonyl (C=O) groups excluding carboxylic acids is 1. The fourth-order valence-electron chi connectivity index (χ4n) is 0.415. The molecule has 1 rings (SSSR count). The summed E-state index contributed by atoms with van der Waals surface area (Å²) in [7, 11) is 0. The van der Waals surface area contributed by atoms with Crippen LogP contribution >= 0.6 is 0 Å². The summed E-state index contributed by atoms with van der Waals surface area (Å²) >= 11 is 0. The average molecular weight is 131 g/mol. The minimum Gasteiger partial charge on any atom is -0.387 e. The lowest BCUT2D eigenvalue weighted by Crippen LogP contribution is -2.11. The predicted molar refractivity (Wildman–Crippen MR) is 22.9 cm³/mol. The third-order valence-electron chi connectivity index (χ3n) is 0.777. The number of rotatable bonds is 0. The van der Waals surface area contributed by atoms with Gasteiger partial charge in [-0.25, -0.2) is 11.4 Å². The summed E-state index contributed by atoms with van der Waals surface area (Å²) in [5, 5.41) is 0. The van der Waals surface area contributed by atoms with Crippen LogP contribution in [0.5, 0.6) is 0 Å². The van der Waals surface area contributed by atoms with Crippen molar-refractivity contribution < 1.29 is 18.7 Å². The van der Waals surface area contributed by atoms with Gasteiger partial charge in [0.15, 0.2) is 0 Å². The Morgan fingerprint density at radius 1 is 1.67 bits per heavy atom. The van der Waals surface area contributed by atoms with Crippen LogP contribution in [0, 0.1) is 6.57 Å². The highest BCUT2D eigenvalue weighted by atomic mass is 19.1. The second-order valence-electron chi connectivity index (χ2n) is 1.36. The van der Waals surface area contributed by atoms with Gasteiger partial charge in [-0.3, -0.25) is 4.85 Å². The van der Waals surface area contributed by atoms with E-state index in [1.54, 1.807) is 0 Å². The van der Waals surface area contributed by atoms with Crippen molar-refractivity contribution in [3.05, 3.63) is 11.4 Å². The number of carbonyl (C=O) groups is 1.